The second kappa shape index (κ2) is 5.98. The van der Waals surface area contributed by atoms with Gasteiger partial charge in [-0.15, -0.1) is 5.11 Å². The third kappa shape index (κ3) is 2.99. The van der Waals surface area contributed by atoms with Crippen molar-refractivity contribution in [1.29, 1.82) is 0 Å². The number of aromatic amines is 2. The lowest BCUT2D eigenvalue weighted by molar-refractivity contribution is 0.475. The first-order valence-corrected chi connectivity index (χ1v) is 7.20. The molecular weight excluding hydrogens is 348 g/mol. The Morgan fingerprint density at radius 3 is 2.50 bits per heavy atom. The molecule has 0 spiro atoms. The first kappa shape index (κ1) is 14.3. The molecule has 6 nitrogen and oxygen atoms in total. The van der Waals surface area contributed by atoms with Gasteiger partial charge in [0.15, 0.2) is 5.69 Å². The Kier molecular flexibility index (Phi) is 3.88. The number of H-pyrrole nitrogens is 2. The third-order valence-corrected chi connectivity index (χ3v) is 3.48. The lowest BCUT2D eigenvalue weighted by Crippen LogP contribution is -1.96. The second-order valence-corrected chi connectivity index (χ2v) is 5.45. The summed E-state index contributed by atoms with van der Waals surface area (Å²) in [6, 6.07) is 13.7. The number of hydrogen-bond acceptors (Lipinski definition) is 4. The molecule has 0 amide bonds. The van der Waals surface area contributed by atoms with Crippen LogP contribution in [0.1, 0.15) is 0 Å². The molecule has 0 saturated heterocycles. The Morgan fingerprint density at radius 1 is 1.00 bits per heavy atom. The fourth-order valence-electron chi connectivity index (χ4n) is 1.93. The summed E-state index contributed by atoms with van der Waals surface area (Å²) in [4.78, 5) is 11.9. The monoisotopic (exact) mass is 358 g/mol. The van der Waals surface area contributed by atoms with Gasteiger partial charge >= 0.3 is 0 Å². The van der Waals surface area contributed by atoms with Gasteiger partial charge in [0.25, 0.3) is 5.56 Å². The maximum Gasteiger partial charge on any atom is 0.292 e. The van der Waals surface area contributed by atoms with Crippen molar-refractivity contribution in [3.63, 3.8) is 0 Å². The van der Waals surface area contributed by atoms with Crippen molar-refractivity contribution in [2.45, 2.75) is 0 Å². The standard InChI is InChI=1S/C15H11BrN4O2/c16-10-2-1-3-11(8-10)17-19-14-13(18-20-15(14)22)9-4-6-12(21)7-5-9/h1-8,21H,(H2,18,20,22). The summed E-state index contributed by atoms with van der Waals surface area (Å²) in [7, 11) is 0. The topological polar surface area (TPSA) is 93.6 Å². The maximum atomic E-state index is 11.9. The number of aromatic nitrogens is 2. The highest BCUT2D eigenvalue weighted by molar-refractivity contribution is 9.10. The summed E-state index contributed by atoms with van der Waals surface area (Å²) in [5.74, 6) is 0.152. The van der Waals surface area contributed by atoms with Gasteiger partial charge in [0.1, 0.15) is 5.75 Å². The van der Waals surface area contributed by atoms with Gasteiger partial charge in [0.05, 0.1) is 11.4 Å². The fourth-order valence-corrected chi connectivity index (χ4v) is 2.32. The van der Waals surface area contributed by atoms with E-state index in [-0.39, 0.29) is 17.0 Å². The molecule has 0 fully saturated rings. The van der Waals surface area contributed by atoms with E-state index in [4.69, 9.17) is 0 Å². The van der Waals surface area contributed by atoms with Crippen molar-refractivity contribution < 1.29 is 5.11 Å². The molecule has 0 radical (unpaired) electrons. The third-order valence-electron chi connectivity index (χ3n) is 2.98. The zero-order valence-electron chi connectivity index (χ0n) is 11.2. The molecule has 0 unspecified atom stereocenters. The molecule has 1 heterocycles. The number of phenols is 1. The van der Waals surface area contributed by atoms with Crippen molar-refractivity contribution in [2.24, 2.45) is 10.2 Å². The first-order chi connectivity index (χ1) is 10.6. The highest BCUT2D eigenvalue weighted by Crippen LogP contribution is 2.28. The SMILES string of the molecule is O=c1[nH][nH]c(-c2ccc(O)cc2)c1N=Nc1cccc(Br)c1. The lowest BCUT2D eigenvalue weighted by Gasteiger charge is -1.99. The van der Waals surface area contributed by atoms with Crippen molar-refractivity contribution in [2.75, 3.05) is 0 Å². The number of azo groups is 1. The number of nitrogens with one attached hydrogen (secondary N) is 2. The molecular formula is C15H11BrN4O2. The molecule has 0 atom stereocenters. The Hall–Kier alpha value is -2.67. The van der Waals surface area contributed by atoms with Crippen molar-refractivity contribution in [1.82, 2.24) is 10.2 Å². The summed E-state index contributed by atoms with van der Waals surface area (Å²) < 4.78 is 0.880. The zero-order chi connectivity index (χ0) is 15.5. The van der Waals surface area contributed by atoms with E-state index in [2.05, 4.69) is 36.4 Å². The van der Waals surface area contributed by atoms with E-state index < -0.39 is 0 Å². The minimum Gasteiger partial charge on any atom is -0.508 e. The molecule has 0 saturated carbocycles. The average Bonchev–Trinajstić information content (AvgIpc) is 2.87. The lowest BCUT2D eigenvalue weighted by atomic mass is 10.1. The number of phenolic OH excluding ortho intramolecular Hbond substituents is 1. The fraction of sp³-hybridized carbons (Fsp3) is 0. The number of nitrogens with zero attached hydrogens (tertiary/aromatic N) is 2. The van der Waals surface area contributed by atoms with E-state index >= 15 is 0 Å². The van der Waals surface area contributed by atoms with E-state index in [0.29, 0.717) is 11.4 Å². The predicted molar refractivity (Wildman–Crippen MR) is 86.8 cm³/mol. The normalized spacial score (nSPS) is 11.1. The summed E-state index contributed by atoms with van der Waals surface area (Å²) in [6.45, 7) is 0. The quantitative estimate of drug-likeness (QED) is 0.610. The highest BCUT2D eigenvalue weighted by atomic mass is 79.9. The van der Waals surface area contributed by atoms with Gasteiger partial charge < -0.3 is 5.11 Å². The van der Waals surface area contributed by atoms with Crippen LogP contribution >= 0.6 is 15.9 Å². The molecule has 3 rings (SSSR count). The Morgan fingerprint density at radius 2 is 1.77 bits per heavy atom. The molecule has 0 aliphatic carbocycles. The van der Waals surface area contributed by atoms with Gasteiger partial charge in [-0.2, -0.15) is 5.11 Å². The van der Waals surface area contributed by atoms with Crippen LogP contribution in [0, 0.1) is 0 Å². The largest absolute Gasteiger partial charge is 0.508 e. The van der Waals surface area contributed by atoms with Crippen LogP contribution in [0.4, 0.5) is 11.4 Å². The van der Waals surface area contributed by atoms with E-state index in [1.54, 1.807) is 24.3 Å². The molecule has 0 bridgehead atoms. The van der Waals surface area contributed by atoms with E-state index in [1.165, 1.54) is 12.1 Å². The number of halogens is 1. The summed E-state index contributed by atoms with van der Waals surface area (Å²) >= 11 is 3.35. The van der Waals surface area contributed by atoms with Gasteiger partial charge in [-0.1, -0.05) is 22.0 Å². The summed E-state index contributed by atoms with van der Waals surface area (Å²) in [5.41, 5.74) is 1.70. The summed E-state index contributed by atoms with van der Waals surface area (Å²) in [5, 5.41) is 22.7. The molecule has 2 aromatic carbocycles. The van der Waals surface area contributed by atoms with Crippen molar-refractivity contribution >= 4 is 27.3 Å². The minimum absolute atomic E-state index is 0.152. The molecule has 1 aromatic heterocycles. The predicted octanol–water partition coefficient (Wildman–Crippen LogP) is 4.25. The van der Waals surface area contributed by atoms with Gasteiger partial charge in [0.2, 0.25) is 0 Å². The van der Waals surface area contributed by atoms with Crippen LogP contribution in [-0.4, -0.2) is 15.3 Å². The van der Waals surface area contributed by atoms with Crippen LogP contribution in [0.5, 0.6) is 5.75 Å². The van der Waals surface area contributed by atoms with Crippen LogP contribution in [0.15, 0.2) is 68.0 Å². The molecule has 0 aliphatic rings. The van der Waals surface area contributed by atoms with Gasteiger partial charge in [-0.25, -0.2) is 0 Å². The smallest absolute Gasteiger partial charge is 0.292 e. The molecule has 3 aromatic rings. The molecule has 3 N–H and O–H groups in total. The van der Waals surface area contributed by atoms with E-state index in [0.717, 1.165) is 10.0 Å². The van der Waals surface area contributed by atoms with Crippen LogP contribution in [0.3, 0.4) is 0 Å². The number of hydrogen-bond donors (Lipinski definition) is 3. The summed E-state index contributed by atoms with van der Waals surface area (Å²) in [6.07, 6.45) is 0. The maximum absolute atomic E-state index is 11.9. The highest BCUT2D eigenvalue weighted by Gasteiger charge is 2.11. The van der Waals surface area contributed by atoms with E-state index in [9.17, 15) is 9.90 Å². The van der Waals surface area contributed by atoms with E-state index in [1.807, 2.05) is 12.1 Å². The molecule has 22 heavy (non-hydrogen) atoms. The number of aromatic hydroxyl groups is 1. The van der Waals surface area contributed by atoms with Crippen LogP contribution in [0.25, 0.3) is 11.3 Å². The Bertz CT molecular complexity index is 881. The Balaban J connectivity index is 1.99. The van der Waals surface area contributed by atoms with Crippen LogP contribution < -0.4 is 5.56 Å². The zero-order valence-corrected chi connectivity index (χ0v) is 12.8. The molecule has 0 aliphatic heterocycles. The number of rotatable bonds is 3. The van der Waals surface area contributed by atoms with Crippen molar-refractivity contribution in [3.05, 3.63) is 63.4 Å². The Labute approximate surface area is 133 Å². The number of benzene rings is 2. The van der Waals surface area contributed by atoms with Crippen molar-refractivity contribution in [3.8, 4) is 17.0 Å². The molecule has 7 heteroatoms. The van der Waals surface area contributed by atoms with Gasteiger partial charge in [-0.3, -0.25) is 15.0 Å². The second-order valence-electron chi connectivity index (χ2n) is 4.53. The van der Waals surface area contributed by atoms with Gasteiger partial charge in [-0.05, 0) is 42.5 Å². The molecule has 110 valence electrons. The minimum atomic E-state index is -0.359. The average molecular weight is 359 g/mol. The first-order valence-electron chi connectivity index (χ1n) is 6.41. The van der Waals surface area contributed by atoms with Gasteiger partial charge in [0, 0.05) is 10.0 Å². The van der Waals surface area contributed by atoms with Crippen LogP contribution in [0.2, 0.25) is 0 Å². The van der Waals surface area contributed by atoms with Crippen LogP contribution in [-0.2, 0) is 0 Å².